The maximum atomic E-state index is 13.4. The van der Waals surface area contributed by atoms with Crippen LogP contribution in [-0.2, 0) is 25.4 Å². The minimum Gasteiger partial charge on any atom is -0.476 e. The van der Waals surface area contributed by atoms with Crippen molar-refractivity contribution in [3.8, 4) is 17.0 Å². The number of aromatic nitrogens is 5. The molecule has 0 fully saturated rings. The molecule has 0 saturated carbocycles. The highest BCUT2D eigenvalue weighted by atomic mass is 79.9. The maximum absolute atomic E-state index is 13.4. The van der Waals surface area contributed by atoms with E-state index in [9.17, 15) is 22.8 Å². The number of anilines is 1. The minimum atomic E-state index is -4.44. The van der Waals surface area contributed by atoms with Crippen LogP contribution in [0.3, 0.4) is 0 Å². The summed E-state index contributed by atoms with van der Waals surface area (Å²) in [6.45, 7) is -1.19. The summed E-state index contributed by atoms with van der Waals surface area (Å²) in [6.07, 6.45) is -1.70. The summed E-state index contributed by atoms with van der Waals surface area (Å²) in [6, 6.07) is 6.75. The van der Waals surface area contributed by atoms with Crippen molar-refractivity contribution in [1.29, 1.82) is 0 Å². The van der Waals surface area contributed by atoms with E-state index in [1.165, 1.54) is 46.8 Å². The van der Waals surface area contributed by atoms with Crippen molar-refractivity contribution in [3.05, 3.63) is 57.0 Å². The molecule has 3 heterocycles. The molecule has 0 amide bonds. The fraction of sp³-hybridized carbons (Fsp3) is 0.360. The standard InChI is InChI=1S/C25H27BrF3N7O4/c1-33-13-15(23(38)39-3)10-17(21(33)37)18-12-31-34(2)22(18)40-9-8-35(14-25(27,28)29)6-7-36-20-11-16(26)4-5-19(20)32-24(36)30/h4-5,10-13H,6-9,14H2,1-3H3,(H2,30,32). The highest BCUT2D eigenvalue weighted by Crippen LogP contribution is 2.28. The van der Waals surface area contributed by atoms with Gasteiger partial charge in [-0.05, 0) is 24.3 Å². The highest BCUT2D eigenvalue weighted by molar-refractivity contribution is 9.10. The number of carbonyl (C=O) groups is 1. The van der Waals surface area contributed by atoms with Gasteiger partial charge < -0.3 is 24.3 Å². The van der Waals surface area contributed by atoms with Crippen LogP contribution in [0.25, 0.3) is 22.2 Å². The van der Waals surface area contributed by atoms with E-state index in [1.54, 1.807) is 29.8 Å². The average Bonchev–Trinajstić information content (AvgIpc) is 3.40. The molecule has 4 aromatic rings. The lowest BCUT2D eigenvalue weighted by molar-refractivity contribution is -0.146. The van der Waals surface area contributed by atoms with Gasteiger partial charge in [0.1, 0.15) is 6.61 Å². The average molecular weight is 626 g/mol. The molecule has 1 aromatic carbocycles. The maximum Gasteiger partial charge on any atom is 0.401 e. The minimum absolute atomic E-state index is 0.0189. The van der Waals surface area contributed by atoms with E-state index >= 15 is 0 Å². The van der Waals surface area contributed by atoms with Crippen LogP contribution in [0.4, 0.5) is 19.1 Å². The molecule has 0 spiro atoms. The van der Waals surface area contributed by atoms with Gasteiger partial charge in [-0.1, -0.05) is 15.9 Å². The third-order valence-electron chi connectivity index (χ3n) is 6.21. The summed E-state index contributed by atoms with van der Waals surface area (Å²) >= 11 is 3.39. The molecule has 0 aliphatic rings. The number of rotatable bonds is 10. The predicted octanol–water partition coefficient (Wildman–Crippen LogP) is 3.21. The molecular formula is C25H27BrF3N7O4. The number of hydrogen-bond donors (Lipinski definition) is 1. The SMILES string of the molecule is COC(=O)c1cc(-c2cnn(C)c2OCCN(CCn2c(N)nc3ccc(Br)cc32)CC(F)(F)F)c(=O)n(C)c1. The summed E-state index contributed by atoms with van der Waals surface area (Å²) in [5.74, 6) is -0.267. The summed E-state index contributed by atoms with van der Waals surface area (Å²) in [7, 11) is 4.28. The first kappa shape index (κ1) is 29.1. The number of methoxy groups -OCH3 is 1. The molecule has 15 heteroatoms. The summed E-state index contributed by atoms with van der Waals surface area (Å²) in [5.41, 5.74) is 7.52. The number of alkyl halides is 3. The zero-order valence-electron chi connectivity index (χ0n) is 21.9. The van der Waals surface area contributed by atoms with Gasteiger partial charge in [-0.15, -0.1) is 0 Å². The largest absolute Gasteiger partial charge is 0.476 e. The van der Waals surface area contributed by atoms with Crippen LogP contribution in [-0.4, -0.2) is 74.3 Å². The number of nitrogens with two attached hydrogens (primary N) is 1. The van der Waals surface area contributed by atoms with Gasteiger partial charge in [0.2, 0.25) is 11.8 Å². The van der Waals surface area contributed by atoms with Crippen molar-refractivity contribution in [2.24, 2.45) is 14.1 Å². The van der Waals surface area contributed by atoms with Gasteiger partial charge in [-0.25, -0.2) is 14.5 Å². The Morgan fingerprint density at radius 3 is 2.62 bits per heavy atom. The predicted molar refractivity (Wildman–Crippen MR) is 145 cm³/mol. The molecule has 2 N–H and O–H groups in total. The Morgan fingerprint density at radius 2 is 1.93 bits per heavy atom. The van der Waals surface area contributed by atoms with Gasteiger partial charge in [0.05, 0.1) is 47.6 Å². The lowest BCUT2D eigenvalue weighted by Gasteiger charge is -2.24. The van der Waals surface area contributed by atoms with Crippen LogP contribution in [0.1, 0.15) is 10.4 Å². The number of imidazole rings is 1. The Balaban J connectivity index is 1.52. The number of nitrogens with zero attached hydrogens (tertiary/aromatic N) is 6. The zero-order valence-corrected chi connectivity index (χ0v) is 23.5. The molecule has 0 bridgehead atoms. The number of carbonyl (C=O) groups excluding carboxylic acids is 1. The van der Waals surface area contributed by atoms with E-state index < -0.39 is 24.2 Å². The molecular weight excluding hydrogens is 599 g/mol. The number of aryl methyl sites for hydroxylation is 2. The van der Waals surface area contributed by atoms with Crippen molar-refractivity contribution in [1.82, 2.24) is 28.8 Å². The summed E-state index contributed by atoms with van der Waals surface area (Å²) < 4.78 is 55.9. The van der Waals surface area contributed by atoms with E-state index in [-0.39, 0.29) is 49.2 Å². The first-order valence-corrected chi connectivity index (χ1v) is 12.8. The number of benzene rings is 1. The lowest BCUT2D eigenvalue weighted by Crippen LogP contribution is -2.39. The van der Waals surface area contributed by atoms with Crippen molar-refractivity contribution in [3.63, 3.8) is 0 Å². The first-order valence-electron chi connectivity index (χ1n) is 12.0. The molecule has 0 unspecified atom stereocenters. The summed E-state index contributed by atoms with van der Waals surface area (Å²) in [4.78, 5) is 30.4. The lowest BCUT2D eigenvalue weighted by atomic mass is 10.1. The van der Waals surface area contributed by atoms with Crippen LogP contribution in [0, 0.1) is 0 Å². The van der Waals surface area contributed by atoms with Crippen molar-refractivity contribution >= 4 is 38.9 Å². The number of halogens is 4. The number of nitrogen functional groups attached to an aromatic ring is 1. The Morgan fingerprint density at radius 1 is 1.18 bits per heavy atom. The monoisotopic (exact) mass is 625 g/mol. The Kier molecular flexibility index (Phi) is 8.54. The number of hydrogen-bond acceptors (Lipinski definition) is 8. The number of ether oxygens (including phenoxy) is 2. The van der Waals surface area contributed by atoms with Gasteiger partial charge in [-0.3, -0.25) is 9.69 Å². The fourth-order valence-corrected chi connectivity index (χ4v) is 4.65. The molecule has 3 aromatic heterocycles. The second kappa shape index (κ2) is 11.7. The van der Waals surface area contributed by atoms with Crippen molar-refractivity contribution < 1.29 is 27.4 Å². The first-order chi connectivity index (χ1) is 18.9. The Labute approximate surface area is 235 Å². The molecule has 0 atom stereocenters. The van der Waals surface area contributed by atoms with Crippen LogP contribution < -0.4 is 16.0 Å². The van der Waals surface area contributed by atoms with Crippen LogP contribution in [0.15, 0.2) is 45.9 Å². The second-order valence-electron chi connectivity index (χ2n) is 9.03. The molecule has 4 rings (SSSR count). The van der Waals surface area contributed by atoms with Gasteiger partial charge in [0, 0.05) is 44.4 Å². The molecule has 40 heavy (non-hydrogen) atoms. The van der Waals surface area contributed by atoms with E-state index in [4.69, 9.17) is 15.2 Å². The van der Waals surface area contributed by atoms with Gasteiger partial charge in [-0.2, -0.15) is 18.3 Å². The third kappa shape index (κ3) is 6.47. The van der Waals surface area contributed by atoms with E-state index in [0.29, 0.717) is 16.6 Å². The molecule has 11 nitrogen and oxygen atoms in total. The van der Waals surface area contributed by atoms with Crippen LogP contribution in [0.5, 0.6) is 5.88 Å². The Hall–Kier alpha value is -3.85. The molecule has 214 valence electrons. The molecule has 0 aliphatic carbocycles. The van der Waals surface area contributed by atoms with E-state index in [0.717, 1.165) is 4.47 Å². The number of esters is 1. The Bertz CT molecular complexity index is 1600. The van der Waals surface area contributed by atoms with E-state index in [2.05, 4.69) is 26.0 Å². The zero-order chi connectivity index (χ0) is 29.2. The van der Waals surface area contributed by atoms with Crippen molar-refractivity contribution in [2.75, 3.05) is 39.1 Å². The molecule has 0 aliphatic heterocycles. The van der Waals surface area contributed by atoms with Crippen molar-refractivity contribution in [2.45, 2.75) is 12.7 Å². The smallest absolute Gasteiger partial charge is 0.401 e. The second-order valence-corrected chi connectivity index (χ2v) is 9.95. The highest BCUT2D eigenvalue weighted by Gasteiger charge is 2.31. The van der Waals surface area contributed by atoms with Crippen LogP contribution in [0.2, 0.25) is 0 Å². The molecule has 0 saturated heterocycles. The molecule has 0 radical (unpaired) electrons. The number of pyridine rings is 1. The van der Waals surface area contributed by atoms with Gasteiger partial charge in [0.15, 0.2) is 0 Å². The summed E-state index contributed by atoms with van der Waals surface area (Å²) in [5, 5.41) is 4.14. The fourth-order valence-electron chi connectivity index (χ4n) is 4.30. The quantitative estimate of drug-likeness (QED) is 0.267. The van der Waals surface area contributed by atoms with E-state index in [1.807, 2.05) is 0 Å². The third-order valence-corrected chi connectivity index (χ3v) is 6.70. The topological polar surface area (TPSA) is 122 Å². The van der Waals surface area contributed by atoms with Gasteiger partial charge in [0.25, 0.3) is 5.56 Å². The number of fused-ring (bicyclic) bond motifs is 1. The normalized spacial score (nSPS) is 11.9. The van der Waals surface area contributed by atoms with Crippen LogP contribution >= 0.6 is 15.9 Å². The van der Waals surface area contributed by atoms with Gasteiger partial charge >= 0.3 is 12.1 Å².